The number of aliphatic carboxylic acids is 1. The molecule has 13 nitrogen and oxygen atoms in total. The number of methoxy groups -OCH3 is 1. The Bertz CT molecular complexity index is 1450. The van der Waals surface area contributed by atoms with Crippen LogP contribution in [0.3, 0.4) is 0 Å². The summed E-state index contributed by atoms with van der Waals surface area (Å²) in [4.78, 5) is 69.3. The zero-order valence-corrected chi connectivity index (χ0v) is 26.5. The smallest absolute Gasteiger partial charge is 0.332 e. The summed E-state index contributed by atoms with van der Waals surface area (Å²) in [6, 6.07) is 9.05. The lowest BCUT2D eigenvalue weighted by Crippen LogP contribution is -2.47. The molecule has 2 fully saturated rings. The van der Waals surface area contributed by atoms with Gasteiger partial charge in [-0.05, 0) is 45.1 Å². The Kier molecular flexibility index (Phi) is 10.9. The van der Waals surface area contributed by atoms with Crippen molar-refractivity contribution in [1.29, 1.82) is 0 Å². The lowest BCUT2D eigenvalue weighted by Gasteiger charge is -2.29. The van der Waals surface area contributed by atoms with E-state index >= 15 is 0 Å². The van der Waals surface area contributed by atoms with Crippen LogP contribution in [0.25, 0.3) is 0 Å². The molecule has 1 amide bonds. The Balaban J connectivity index is 1.60. The third kappa shape index (κ3) is 7.57. The number of carbonyl (C=O) groups excluding carboxylic acids is 4. The Hall–Kier alpha value is -4.68. The number of carbonyl (C=O) groups is 5. The minimum Gasteiger partial charge on any atom is -0.493 e. The highest BCUT2D eigenvalue weighted by atomic mass is 16.6. The van der Waals surface area contributed by atoms with Crippen LogP contribution >= 0.6 is 0 Å². The van der Waals surface area contributed by atoms with Crippen molar-refractivity contribution in [3.63, 3.8) is 0 Å². The van der Waals surface area contributed by atoms with Crippen LogP contribution in [0.2, 0.25) is 0 Å². The molecule has 2 aromatic rings. The number of amides is 1. The Labute approximate surface area is 266 Å². The van der Waals surface area contributed by atoms with E-state index in [2.05, 4.69) is 10.3 Å². The van der Waals surface area contributed by atoms with Gasteiger partial charge in [0.2, 0.25) is 0 Å². The van der Waals surface area contributed by atoms with Crippen molar-refractivity contribution in [3.8, 4) is 11.5 Å². The van der Waals surface area contributed by atoms with Crippen molar-refractivity contribution in [3.05, 3.63) is 53.9 Å². The summed E-state index contributed by atoms with van der Waals surface area (Å²) in [6.07, 6.45) is -0.178. The zero-order valence-electron chi connectivity index (χ0n) is 26.5. The molecular formula is C33H40N2O11. The minimum absolute atomic E-state index is 0.0905. The number of hydrogen-bond acceptors (Lipinski definition) is 11. The monoisotopic (exact) mass is 640 g/mol. The fraction of sp³-hybridized carbons (Fsp3) is 0.515. The first-order valence-corrected chi connectivity index (χ1v) is 15.2. The molecule has 1 saturated carbocycles. The number of aromatic nitrogens is 1. The maximum atomic E-state index is 13.6. The van der Waals surface area contributed by atoms with Crippen LogP contribution in [0.5, 0.6) is 11.5 Å². The van der Waals surface area contributed by atoms with Gasteiger partial charge in [-0.15, -0.1) is 0 Å². The molecule has 2 aliphatic rings. The molecule has 4 rings (SSSR count). The van der Waals surface area contributed by atoms with Crippen molar-refractivity contribution >= 4 is 29.8 Å². The van der Waals surface area contributed by atoms with Crippen LogP contribution in [0.1, 0.15) is 63.0 Å². The summed E-state index contributed by atoms with van der Waals surface area (Å²) in [7, 11) is 1.36. The number of benzene rings is 1. The number of esters is 3. The van der Waals surface area contributed by atoms with Crippen molar-refractivity contribution in [2.24, 2.45) is 17.3 Å². The molecule has 1 aromatic heterocycles. The van der Waals surface area contributed by atoms with Gasteiger partial charge in [-0.2, -0.15) is 0 Å². The molecule has 2 N–H and O–H groups in total. The first-order valence-electron chi connectivity index (χ1n) is 15.2. The molecule has 6 atom stereocenters. The first-order chi connectivity index (χ1) is 21.8. The predicted octanol–water partition coefficient (Wildman–Crippen LogP) is 3.13. The number of carboxylic acids is 1. The van der Waals surface area contributed by atoms with E-state index in [0.29, 0.717) is 19.3 Å². The number of nitrogens with one attached hydrogen (secondary N) is 1. The number of nitrogens with zero attached hydrogens (tertiary/aromatic N) is 1. The molecule has 1 saturated heterocycles. The Morgan fingerprint density at radius 3 is 2.50 bits per heavy atom. The maximum absolute atomic E-state index is 13.6. The van der Waals surface area contributed by atoms with Gasteiger partial charge in [0.25, 0.3) is 5.91 Å². The average Bonchev–Trinajstić information content (AvgIpc) is 3.42. The van der Waals surface area contributed by atoms with Crippen LogP contribution in [-0.2, 0) is 39.8 Å². The van der Waals surface area contributed by atoms with Gasteiger partial charge in [-0.1, -0.05) is 44.2 Å². The summed E-state index contributed by atoms with van der Waals surface area (Å²) >= 11 is 0. The molecule has 1 aromatic carbocycles. The molecule has 2 unspecified atom stereocenters. The van der Waals surface area contributed by atoms with Gasteiger partial charge in [0.1, 0.15) is 30.1 Å². The largest absolute Gasteiger partial charge is 0.493 e. The first kappa shape index (κ1) is 34.2. The van der Waals surface area contributed by atoms with Crippen molar-refractivity contribution in [1.82, 2.24) is 10.3 Å². The van der Waals surface area contributed by atoms with Gasteiger partial charge >= 0.3 is 23.9 Å². The van der Waals surface area contributed by atoms with Crippen molar-refractivity contribution < 1.29 is 52.8 Å². The molecule has 0 radical (unpaired) electrons. The number of rotatable bonds is 10. The number of carboxylic acid groups (broad SMARTS) is 1. The molecule has 1 aliphatic heterocycles. The quantitative estimate of drug-likeness (QED) is 0.287. The Morgan fingerprint density at radius 1 is 1.13 bits per heavy atom. The molecule has 1 aliphatic carbocycles. The molecule has 13 heteroatoms. The van der Waals surface area contributed by atoms with Crippen LogP contribution < -0.4 is 14.8 Å². The highest BCUT2D eigenvalue weighted by Gasteiger charge is 2.48. The second-order valence-electron chi connectivity index (χ2n) is 12.1. The highest BCUT2D eigenvalue weighted by molar-refractivity contribution is 5.98. The maximum Gasteiger partial charge on any atom is 0.332 e. The van der Waals surface area contributed by atoms with E-state index in [-0.39, 0.29) is 23.6 Å². The molecule has 0 bridgehead atoms. The number of ether oxygens (including phenoxy) is 5. The average molecular weight is 641 g/mol. The SMILES string of the molecule is COc1ccnc(C(=O)N[C@H]2COC(=O)[C@H](Cc3ccccc3)[C@@H](OC(=O)C(C)C)[C@H](C)OC2=O)c1OC1CCCC1(C)C(=O)O. The van der Waals surface area contributed by atoms with Crippen LogP contribution in [-0.4, -0.2) is 77.9 Å². The van der Waals surface area contributed by atoms with E-state index in [1.165, 1.54) is 26.3 Å². The highest BCUT2D eigenvalue weighted by Crippen LogP contribution is 2.43. The normalized spacial score (nSPS) is 26.5. The van der Waals surface area contributed by atoms with Gasteiger partial charge in [-0.25, -0.2) is 9.78 Å². The van der Waals surface area contributed by atoms with E-state index in [0.717, 1.165) is 5.56 Å². The van der Waals surface area contributed by atoms with E-state index in [1.807, 2.05) is 18.2 Å². The summed E-state index contributed by atoms with van der Waals surface area (Å²) in [6.45, 7) is 5.79. The number of hydrogen-bond donors (Lipinski definition) is 2. The van der Waals surface area contributed by atoms with E-state index < -0.39 is 78.0 Å². The lowest BCUT2D eigenvalue weighted by atomic mass is 9.86. The topological polar surface area (TPSA) is 177 Å². The van der Waals surface area contributed by atoms with E-state index in [4.69, 9.17) is 23.7 Å². The summed E-state index contributed by atoms with van der Waals surface area (Å²) in [5.74, 6) is -5.65. The molecular weight excluding hydrogens is 600 g/mol. The Morgan fingerprint density at radius 2 is 1.85 bits per heavy atom. The molecule has 248 valence electrons. The third-order valence-corrected chi connectivity index (χ3v) is 8.39. The minimum atomic E-state index is -1.47. The zero-order chi connectivity index (χ0) is 33.6. The fourth-order valence-corrected chi connectivity index (χ4v) is 5.55. The van der Waals surface area contributed by atoms with Gasteiger partial charge in [0.15, 0.2) is 29.3 Å². The number of cyclic esters (lactones) is 2. The summed E-state index contributed by atoms with van der Waals surface area (Å²) in [5.41, 5.74) is -0.695. The van der Waals surface area contributed by atoms with Crippen LogP contribution in [0, 0.1) is 17.3 Å². The van der Waals surface area contributed by atoms with Crippen LogP contribution in [0.15, 0.2) is 42.6 Å². The standard InChI is InChI=1S/C33H40N2O11/c1-18(2)29(37)46-26-19(3)44-31(39)22(17-43-30(38)21(26)16-20-10-7-6-8-11-20)35-28(36)25-27(23(42-5)13-15-34-25)45-24-12-9-14-33(24,4)32(40)41/h6-8,10-11,13,15,18-19,21-22,24,26H,9,12,14,16-17H2,1-5H3,(H,35,36)(H,40,41)/t19-,21+,22-,24?,26-,33?/m0/s1. The summed E-state index contributed by atoms with van der Waals surface area (Å²) < 4.78 is 28.4. The lowest BCUT2D eigenvalue weighted by molar-refractivity contribution is -0.176. The van der Waals surface area contributed by atoms with Crippen LogP contribution in [0.4, 0.5) is 0 Å². The predicted molar refractivity (Wildman–Crippen MR) is 161 cm³/mol. The molecule has 46 heavy (non-hydrogen) atoms. The van der Waals surface area contributed by atoms with Crippen molar-refractivity contribution in [2.45, 2.75) is 77.7 Å². The van der Waals surface area contributed by atoms with Gasteiger partial charge in [0.05, 0.1) is 13.0 Å². The van der Waals surface area contributed by atoms with Crippen molar-refractivity contribution in [2.75, 3.05) is 13.7 Å². The fourth-order valence-electron chi connectivity index (χ4n) is 5.55. The second-order valence-corrected chi connectivity index (χ2v) is 12.1. The van der Waals surface area contributed by atoms with E-state index in [9.17, 15) is 29.1 Å². The number of pyridine rings is 1. The molecule has 0 spiro atoms. The van der Waals surface area contributed by atoms with Gasteiger partial charge in [-0.3, -0.25) is 19.2 Å². The second kappa shape index (κ2) is 14.6. The van der Waals surface area contributed by atoms with Gasteiger partial charge in [0, 0.05) is 12.3 Å². The van der Waals surface area contributed by atoms with Gasteiger partial charge < -0.3 is 34.1 Å². The molecule has 2 heterocycles. The van der Waals surface area contributed by atoms with E-state index in [1.54, 1.807) is 32.9 Å². The third-order valence-electron chi connectivity index (χ3n) is 8.39. The summed E-state index contributed by atoms with van der Waals surface area (Å²) in [5, 5.41) is 12.4.